The van der Waals surface area contributed by atoms with Crippen LogP contribution >= 0.6 is 0 Å². The quantitative estimate of drug-likeness (QED) is 0.784. The molecule has 1 unspecified atom stereocenters. The zero-order valence-corrected chi connectivity index (χ0v) is 13.8. The summed E-state index contributed by atoms with van der Waals surface area (Å²) in [5, 5.41) is 9.70. The topological polar surface area (TPSA) is 41.3 Å². The highest BCUT2D eigenvalue weighted by atomic mass is 16.3. The first-order valence-electron chi connectivity index (χ1n) is 8.68. The summed E-state index contributed by atoms with van der Waals surface area (Å²) < 4.78 is 2.20. The maximum Gasteiger partial charge on any atom is 0.135 e. The van der Waals surface area contributed by atoms with E-state index in [2.05, 4.69) is 50.8 Å². The molecular formula is C20H23N3O. The monoisotopic (exact) mass is 321 g/mol. The van der Waals surface area contributed by atoms with Crippen molar-refractivity contribution in [2.75, 3.05) is 6.54 Å². The van der Waals surface area contributed by atoms with E-state index >= 15 is 0 Å². The minimum atomic E-state index is -0.0138. The lowest BCUT2D eigenvalue weighted by molar-refractivity contribution is 0.216. The third-order valence-corrected chi connectivity index (χ3v) is 5.00. The Kier molecular flexibility index (Phi) is 4.32. The molecule has 1 N–H and O–H groups in total. The van der Waals surface area contributed by atoms with Crippen molar-refractivity contribution >= 4 is 11.0 Å². The van der Waals surface area contributed by atoms with Crippen LogP contribution in [0.15, 0.2) is 54.6 Å². The Labute approximate surface area is 142 Å². The molecule has 124 valence electrons. The number of rotatable bonds is 5. The second-order valence-corrected chi connectivity index (χ2v) is 6.54. The normalized spacial score (nSPS) is 18.5. The number of hydrogen-bond acceptors (Lipinski definition) is 3. The molecule has 1 aromatic heterocycles. The van der Waals surface area contributed by atoms with Crippen LogP contribution in [0.4, 0.5) is 0 Å². The van der Waals surface area contributed by atoms with Gasteiger partial charge in [-0.2, -0.15) is 0 Å². The number of aromatic nitrogens is 2. The zero-order chi connectivity index (χ0) is 16.4. The van der Waals surface area contributed by atoms with E-state index in [1.54, 1.807) is 0 Å². The van der Waals surface area contributed by atoms with E-state index in [1.165, 1.54) is 18.4 Å². The Morgan fingerprint density at radius 1 is 1.04 bits per heavy atom. The van der Waals surface area contributed by atoms with Crippen molar-refractivity contribution in [1.29, 1.82) is 0 Å². The fraction of sp³-hybridized carbons (Fsp3) is 0.350. The zero-order valence-electron chi connectivity index (χ0n) is 13.8. The SMILES string of the molecule is OCc1nc2ccccc2n1CC1CCCN1Cc1ccccc1. The number of imidazole rings is 1. The highest BCUT2D eigenvalue weighted by Gasteiger charge is 2.26. The van der Waals surface area contributed by atoms with Gasteiger partial charge >= 0.3 is 0 Å². The second kappa shape index (κ2) is 6.75. The van der Waals surface area contributed by atoms with Crippen LogP contribution in [0.2, 0.25) is 0 Å². The van der Waals surface area contributed by atoms with Gasteiger partial charge in [0.1, 0.15) is 12.4 Å². The van der Waals surface area contributed by atoms with Crippen LogP contribution in [0.25, 0.3) is 11.0 Å². The molecule has 3 aromatic rings. The molecule has 1 fully saturated rings. The molecule has 1 atom stereocenters. The van der Waals surface area contributed by atoms with E-state index in [-0.39, 0.29) is 6.61 Å². The van der Waals surface area contributed by atoms with Gasteiger partial charge in [-0.05, 0) is 37.1 Å². The molecule has 4 nitrogen and oxygen atoms in total. The Morgan fingerprint density at radius 3 is 2.67 bits per heavy atom. The van der Waals surface area contributed by atoms with Gasteiger partial charge < -0.3 is 9.67 Å². The summed E-state index contributed by atoms with van der Waals surface area (Å²) in [7, 11) is 0. The molecule has 2 aromatic carbocycles. The van der Waals surface area contributed by atoms with Crippen molar-refractivity contribution in [2.24, 2.45) is 0 Å². The molecule has 1 aliphatic rings. The summed E-state index contributed by atoms with van der Waals surface area (Å²) >= 11 is 0. The maximum absolute atomic E-state index is 9.70. The van der Waals surface area contributed by atoms with Crippen molar-refractivity contribution in [3.8, 4) is 0 Å². The van der Waals surface area contributed by atoms with E-state index in [4.69, 9.17) is 0 Å². The van der Waals surface area contributed by atoms with Crippen LogP contribution in [-0.2, 0) is 19.7 Å². The number of hydrogen-bond donors (Lipinski definition) is 1. The second-order valence-electron chi connectivity index (χ2n) is 6.54. The molecule has 0 spiro atoms. The van der Waals surface area contributed by atoms with Gasteiger partial charge in [0.25, 0.3) is 0 Å². The number of aliphatic hydroxyl groups is 1. The summed E-state index contributed by atoms with van der Waals surface area (Å²) in [6.07, 6.45) is 2.43. The van der Waals surface area contributed by atoms with Crippen LogP contribution in [0.5, 0.6) is 0 Å². The average molecular weight is 321 g/mol. The van der Waals surface area contributed by atoms with Gasteiger partial charge in [-0.3, -0.25) is 4.90 Å². The van der Waals surface area contributed by atoms with Gasteiger partial charge in [0, 0.05) is 19.1 Å². The van der Waals surface area contributed by atoms with E-state index in [1.807, 2.05) is 18.2 Å². The van der Waals surface area contributed by atoms with Gasteiger partial charge in [0.2, 0.25) is 0 Å². The molecule has 0 bridgehead atoms. The predicted molar refractivity (Wildman–Crippen MR) is 95.5 cm³/mol. The van der Waals surface area contributed by atoms with Crippen molar-refractivity contribution in [3.05, 3.63) is 66.0 Å². The third-order valence-electron chi connectivity index (χ3n) is 5.00. The predicted octanol–water partition coefficient (Wildman–Crippen LogP) is 3.19. The minimum absolute atomic E-state index is 0.0138. The first-order valence-corrected chi connectivity index (χ1v) is 8.68. The van der Waals surface area contributed by atoms with Crippen LogP contribution in [0.1, 0.15) is 24.2 Å². The van der Waals surface area contributed by atoms with E-state index < -0.39 is 0 Å². The smallest absolute Gasteiger partial charge is 0.135 e. The number of para-hydroxylation sites is 2. The molecule has 2 heterocycles. The highest BCUT2D eigenvalue weighted by molar-refractivity contribution is 5.75. The minimum Gasteiger partial charge on any atom is -0.388 e. The number of likely N-dealkylation sites (tertiary alicyclic amines) is 1. The summed E-state index contributed by atoms with van der Waals surface area (Å²) in [6, 6.07) is 19.3. The molecule has 4 rings (SSSR count). The number of nitrogens with zero attached hydrogens (tertiary/aromatic N) is 3. The summed E-state index contributed by atoms with van der Waals surface area (Å²) in [6.45, 7) is 3.01. The lowest BCUT2D eigenvalue weighted by Crippen LogP contribution is -2.33. The van der Waals surface area contributed by atoms with Crippen molar-refractivity contribution in [3.63, 3.8) is 0 Å². The van der Waals surface area contributed by atoms with Gasteiger partial charge in [0.15, 0.2) is 0 Å². The fourth-order valence-electron chi connectivity index (χ4n) is 3.79. The molecule has 0 saturated carbocycles. The molecule has 0 radical (unpaired) electrons. The van der Waals surface area contributed by atoms with Gasteiger partial charge in [0.05, 0.1) is 11.0 Å². The molecule has 1 saturated heterocycles. The molecule has 0 amide bonds. The van der Waals surface area contributed by atoms with Crippen molar-refractivity contribution in [1.82, 2.24) is 14.5 Å². The van der Waals surface area contributed by atoms with Crippen LogP contribution in [0, 0.1) is 0 Å². The van der Waals surface area contributed by atoms with Crippen molar-refractivity contribution in [2.45, 2.75) is 38.6 Å². The summed E-state index contributed by atoms with van der Waals surface area (Å²) in [4.78, 5) is 7.14. The first kappa shape index (κ1) is 15.4. The van der Waals surface area contributed by atoms with Gasteiger partial charge in [-0.15, -0.1) is 0 Å². The van der Waals surface area contributed by atoms with Crippen LogP contribution in [0.3, 0.4) is 0 Å². The van der Waals surface area contributed by atoms with Crippen LogP contribution in [-0.4, -0.2) is 32.1 Å². The summed E-state index contributed by atoms with van der Waals surface area (Å²) in [5.74, 6) is 0.766. The van der Waals surface area contributed by atoms with Crippen LogP contribution < -0.4 is 0 Å². The Bertz CT molecular complexity index is 812. The van der Waals surface area contributed by atoms with Crippen molar-refractivity contribution < 1.29 is 5.11 Å². The average Bonchev–Trinajstić information content (AvgIpc) is 3.21. The van der Waals surface area contributed by atoms with E-state index in [9.17, 15) is 5.11 Å². The lowest BCUT2D eigenvalue weighted by atomic mass is 10.1. The maximum atomic E-state index is 9.70. The molecule has 4 heteroatoms. The number of aliphatic hydroxyl groups excluding tert-OH is 1. The van der Waals surface area contributed by atoms with Gasteiger partial charge in [-0.25, -0.2) is 4.98 Å². The van der Waals surface area contributed by atoms with E-state index in [0.29, 0.717) is 6.04 Å². The Balaban J connectivity index is 1.58. The number of benzene rings is 2. The Morgan fingerprint density at radius 2 is 1.83 bits per heavy atom. The van der Waals surface area contributed by atoms with Gasteiger partial charge in [-0.1, -0.05) is 42.5 Å². The first-order chi connectivity index (χ1) is 11.8. The van der Waals surface area contributed by atoms with E-state index in [0.717, 1.165) is 36.5 Å². The standard InChI is InChI=1S/C20H23N3O/c24-15-20-21-18-10-4-5-11-19(18)23(20)14-17-9-6-12-22(17)13-16-7-2-1-3-8-16/h1-5,7-8,10-11,17,24H,6,9,12-15H2. The summed E-state index contributed by atoms with van der Waals surface area (Å²) in [5.41, 5.74) is 3.45. The molecule has 1 aliphatic heterocycles. The Hall–Kier alpha value is -2.17. The largest absolute Gasteiger partial charge is 0.388 e. The lowest BCUT2D eigenvalue weighted by Gasteiger charge is -2.25. The number of fused-ring (bicyclic) bond motifs is 1. The molecule has 0 aliphatic carbocycles. The highest BCUT2D eigenvalue weighted by Crippen LogP contribution is 2.24. The third kappa shape index (κ3) is 2.95. The fourth-order valence-corrected chi connectivity index (χ4v) is 3.79. The molecular weight excluding hydrogens is 298 g/mol. The molecule has 24 heavy (non-hydrogen) atoms.